The standard InChI is InChI=1S/C14H19N5O2/c1-14(2)6-5-10(8-14)15-12(20)9-19-17-13(16-18-19)11-4-3-7-21-11/h3-4,7,10H,5-6,8-9H2,1-2H3,(H,15,20). The molecule has 21 heavy (non-hydrogen) atoms. The van der Waals surface area contributed by atoms with Gasteiger partial charge in [0.25, 0.3) is 0 Å². The fraction of sp³-hybridized carbons (Fsp3) is 0.571. The Morgan fingerprint density at radius 3 is 3.10 bits per heavy atom. The average molecular weight is 289 g/mol. The minimum Gasteiger partial charge on any atom is -0.461 e. The van der Waals surface area contributed by atoms with Crippen LogP contribution >= 0.6 is 0 Å². The van der Waals surface area contributed by atoms with Crippen molar-refractivity contribution in [2.75, 3.05) is 0 Å². The number of rotatable bonds is 4. The van der Waals surface area contributed by atoms with Gasteiger partial charge in [0.2, 0.25) is 11.7 Å². The zero-order valence-electron chi connectivity index (χ0n) is 12.2. The third kappa shape index (κ3) is 3.29. The number of amides is 1. The zero-order chi connectivity index (χ0) is 14.9. The molecule has 2 aromatic rings. The lowest BCUT2D eigenvalue weighted by atomic mass is 9.92. The number of aromatic nitrogens is 4. The molecule has 2 heterocycles. The predicted molar refractivity (Wildman–Crippen MR) is 75.1 cm³/mol. The van der Waals surface area contributed by atoms with Gasteiger partial charge >= 0.3 is 0 Å². The van der Waals surface area contributed by atoms with Gasteiger partial charge in [0.15, 0.2) is 5.76 Å². The second kappa shape index (κ2) is 5.31. The van der Waals surface area contributed by atoms with Crippen molar-refractivity contribution in [2.24, 2.45) is 5.41 Å². The van der Waals surface area contributed by atoms with Gasteiger partial charge in [-0.2, -0.15) is 4.80 Å². The third-order valence-electron chi connectivity index (χ3n) is 3.81. The lowest BCUT2D eigenvalue weighted by molar-refractivity contribution is -0.122. The molecule has 0 aliphatic heterocycles. The molecule has 0 bridgehead atoms. The van der Waals surface area contributed by atoms with Crippen LogP contribution in [0.4, 0.5) is 0 Å². The monoisotopic (exact) mass is 289 g/mol. The molecule has 0 saturated heterocycles. The zero-order valence-corrected chi connectivity index (χ0v) is 12.2. The molecule has 0 aromatic carbocycles. The molecule has 112 valence electrons. The topological polar surface area (TPSA) is 85.8 Å². The third-order valence-corrected chi connectivity index (χ3v) is 3.81. The van der Waals surface area contributed by atoms with E-state index in [1.807, 2.05) is 0 Å². The van der Waals surface area contributed by atoms with Crippen molar-refractivity contribution >= 4 is 5.91 Å². The van der Waals surface area contributed by atoms with Crippen LogP contribution in [0, 0.1) is 5.41 Å². The van der Waals surface area contributed by atoms with Crippen molar-refractivity contribution in [3.05, 3.63) is 18.4 Å². The van der Waals surface area contributed by atoms with Crippen LogP contribution in [0.1, 0.15) is 33.1 Å². The second-order valence-electron chi connectivity index (χ2n) is 6.29. The molecule has 1 saturated carbocycles. The van der Waals surface area contributed by atoms with Gasteiger partial charge in [-0.25, -0.2) is 0 Å². The van der Waals surface area contributed by atoms with Gasteiger partial charge < -0.3 is 9.73 Å². The molecule has 1 aliphatic rings. The average Bonchev–Trinajstić information content (AvgIpc) is 3.09. The van der Waals surface area contributed by atoms with Crippen LogP contribution in [0.25, 0.3) is 11.6 Å². The van der Waals surface area contributed by atoms with Crippen LogP contribution < -0.4 is 5.32 Å². The summed E-state index contributed by atoms with van der Waals surface area (Å²) < 4.78 is 5.19. The van der Waals surface area contributed by atoms with Gasteiger partial charge in [-0.05, 0) is 42.0 Å². The van der Waals surface area contributed by atoms with Crippen molar-refractivity contribution in [1.29, 1.82) is 0 Å². The molecule has 0 radical (unpaired) electrons. The number of nitrogens with one attached hydrogen (secondary N) is 1. The van der Waals surface area contributed by atoms with Crippen LogP contribution in [0.3, 0.4) is 0 Å². The number of carbonyl (C=O) groups excluding carboxylic acids is 1. The summed E-state index contributed by atoms with van der Waals surface area (Å²) in [5, 5.41) is 14.9. The van der Waals surface area contributed by atoms with Gasteiger partial charge in [-0.1, -0.05) is 13.8 Å². The molecule has 2 aromatic heterocycles. The highest BCUT2D eigenvalue weighted by Gasteiger charge is 2.31. The highest BCUT2D eigenvalue weighted by Crippen LogP contribution is 2.36. The summed E-state index contributed by atoms with van der Waals surface area (Å²) in [5.74, 6) is 0.843. The Balaban J connectivity index is 1.56. The maximum absolute atomic E-state index is 12.0. The van der Waals surface area contributed by atoms with E-state index < -0.39 is 0 Å². The second-order valence-corrected chi connectivity index (χ2v) is 6.29. The van der Waals surface area contributed by atoms with Crippen molar-refractivity contribution in [3.8, 4) is 11.6 Å². The number of furan rings is 1. The number of hydrogen-bond donors (Lipinski definition) is 1. The molecule has 1 aliphatic carbocycles. The van der Waals surface area contributed by atoms with E-state index in [-0.39, 0.29) is 18.5 Å². The summed E-state index contributed by atoms with van der Waals surface area (Å²) in [6.07, 6.45) is 4.73. The first-order chi connectivity index (χ1) is 10.0. The first kappa shape index (κ1) is 13.8. The Hall–Kier alpha value is -2.18. The van der Waals surface area contributed by atoms with Crippen LogP contribution in [0.5, 0.6) is 0 Å². The van der Waals surface area contributed by atoms with Crippen molar-refractivity contribution < 1.29 is 9.21 Å². The largest absolute Gasteiger partial charge is 0.461 e. The predicted octanol–water partition coefficient (Wildman–Crippen LogP) is 1.63. The van der Waals surface area contributed by atoms with Crippen molar-refractivity contribution in [2.45, 2.75) is 45.7 Å². The van der Waals surface area contributed by atoms with Gasteiger partial charge in [0.1, 0.15) is 6.54 Å². The molecule has 3 rings (SSSR count). The first-order valence-electron chi connectivity index (χ1n) is 7.13. The quantitative estimate of drug-likeness (QED) is 0.924. The minimum absolute atomic E-state index is 0.0740. The lowest BCUT2D eigenvalue weighted by Crippen LogP contribution is -2.36. The first-order valence-corrected chi connectivity index (χ1v) is 7.13. The van der Waals surface area contributed by atoms with Gasteiger partial charge in [0.05, 0.1) is 6.26 Å². The Morgan fingerprint density at radius 2 is 2.43 bits per heavy atom. The van der Waals surface area contributed by atoms with E-state index in [0.29, 0.717) is 17.0 Å². The summed E-state index contributed by atoms with van der Waals surface area (Å²) >= 11 is 0. The SMILES string of the molecule is CC1(C)CCC(NC(=O)Cn2nnc(-c3ccco3)n2)C1. The molecule has 1 unspecified atom stereocenters. The van der Waals surface area contributed by atoms with E-state index in [9.17, 15) is 4.79 Å². The Kier molecular flexibility index (Phi) is 3.48. The maximum Gasteiger partial charge on any atom is 0.243 e. The van der Waals surface area contributed by atoms with E-state index >= 15 is 0 Å². The van der Waals surface area contributed by atoms with Gasteiger partial charge in [0, 0.05) is 6.04 Å². The highest BCUT2D eigenvalue weighted by molar-refractivity contribution is 5.75. The molecule has 7 heteroatoms. The number of tetrazole rings is 1. The van der Waals surface area contributed by atoms with Crippen molar-refractivity contribution in [3.63, 3.8) is 0 Å². The summed E-state index contributed by atoms with van der Waals surface area (Å²) in [6, 6.07) is 3.76. The van der Waals surface area contributed by atoms with E-state index in [2.05, 4.69) is 34.6 Å². The van der Waals surface area contributed by atoms with Crippen molar-refractivity contribution in [1.82, 2.24) is 25.5 Å². The number of carbonyl (C=O) groups is 1. The normalized spacial score (nSPS) is 20.6. The van der Waals surface area contributed by atoms with Crippen LogP contribution in [-0.4, -0.2) is 32.2 Å². The minimum atomic E-state index is -0.0823. The molecule has 1 atom stereocenters. The van der Waals surface area contributed by atoms with E-state index in [1.165, 1.54) is 4.80 Å². The molecule has 0 spiro atoms. The Labute approximate surface area is 122 Å². The van der Waals surface area contributed by atoms with E-state index in [1.54, 1.807) is 18.4 Å². The van der Waals surface area contributed by atoms with Crippen LogP contribution in [0.15, 0.2) is 22.8 Å². The van der Waals surface area contributed by atoms with Gasteiger partial charge in [-0.3, -0.25) is 4.79 Å². The van der Waals surface area contributed by atoms with E-state index in [4.69, 9.17) is 4.42 Å². The summed E-state index contributed by atoms with van der Waals surface area (Å²) in [4.78, 5) is 13.3. The van der Waals surface area contributed by atoms with E-state index in [0.717, 1.165) is 19.3 Å². The smallest absolute Gasteiger partial charge is 0.243 e. The lowest BCUT2D eigenvalue weighted by Gasteiger charge is -2.17. The summed E-state index contributed by atoms with van der Waals surface area (Å²) in [5.41, 5.74) is 0.315. The summed E-state index contributed by atoms with van der Waals surface area (Å²) in [7, 11) is 0. The summed E-state index contributed by atoms with van der Waals surface area (Å²) in [6.45, 7) is 4.53. The highest BCUT2D eigenvalue weighted by atomic mass is 16.3. The Bertz CT molecular complexity index is 617. The number of nitrogens with zero attached hydrogens (tertiary/aromatic N) is 4. The molecular weight excluding hydrogens is 270 g/mol. The molecule has 1 amide bonds. The Morgan fingerprint density at radius 1 is 1.57 bits per heavy atom. The molecule has 1 fully saturated rings. The fourth-order valence-corrected chi connectivity index (χ4v) is 2.78. The fourth-order valence-electron chi connectivity index (χ4n) is 2.78. The molecular formula is C14H19N5O2. The van der Waals surface area contributed by atoms with Crippen LogP contribution in [0.2, 0.25) is 0 Å². The van der Waals surface area contributed by atoms with Gasteiger partial charge in [-0.15, -0.1) is 10.2 Å². The molecule has 7 nitrogen and oxygen atoms in total. The maximum atomic E-state index is 12.0. The number of hydrogen-bond acceptors (Lipinski definition) is 5. The van der Waals surface area contributed by atoms with Crippen LogP contribution in [-0.2, 0) is 11.3 Å². The molecule has 1 N–H and O–H groups in total.